The normalized spacial score (nSPS) is 27.0. The third-order valence-corrected chi connectivity index (χ3v) is 7.11. The van der Waals surface area contributed by atoms with Gasteiger partial charge in [0, 0.05) is 11.6 Å². The number of carbonyl (C=O) groups excluding carboxylic acids is 3. The van der Waals surface area contributed by atoms with E-state index in [2.05, 4.69) is 5.32 Å². The van der Waals surface area contributed by atoms with Gasteiger partial charge in [0.25, 0.3) is 0 Å². The number of ether oxygens (including phenoxy) is 1. The highest BCUT2D eigenvalue weighted by Crippen LogP contribution is 2.45. The molecule has 0 radical (unpaired) electrons. The van der Waals surface area contributed by atoms with Crippen molar-refractivity contribution in [3.63, 3.8) is 0 Å². The van der Waals surface area contributed by atoms with Gasteiger partial charge in [-0.25, -0.2) is 0 Å². The average Bonchev–Trinajstić information content (AvgIpc) is 3.07. The standard InChI is InChI=1S/C27H38N2O5/c1-7-34-27(33)21-16(4)11-12-20-22(21)26(32)29(19(14-30)13-15(2)3)24(20)25(31)28-23-17(5)9-8-10-18(23)6/h8-12,15-16,19-22,24,30H,7,13-14H2,1-6H3,(H,28,31)/t16-,19-,20+,21-,22+,24+/m1/s1. The number of aryl methyl sites for hydroxylation is 2. The molecule has 1 aromatic rings. The van der Waals surface area contributed by atoms with Gasteiger partial charge in [0.05, 0.1) is 31.1 Å². The third-order valence-electron chi connectivity index (χ3n) is 7.11. The van der Waals surface area contributed by atoms with E-state index in [9.17, 15) is 19.5 Å². The van der Waals surface area contributed by atoms with Crippen LogP contribution in [0.25, 0.3) is 0 Å². The summed E-state index contributed by atoms with van der Waals surface area (Å²) in [5.74, 6) is -2.81. The summed E-state index contributed by atoms with van der Waals surface area (Å²) >= 11 is 0. The van der Waals surface area contributed by atoms with E-state index in [4.69, 9.17) is 4.74 Å². The van der Waals surface area contributed by atoms with E-state index in [1.165, 1.54) is 0 Å². The predicted molar refractivity (Wildman–Crippen MR) is 131 cm³/mol. The predicted octanol–water partition coefficient (Wildman–Crippen LogP) is 3.48. The lowest BCUT2D eigenvalue weighted by molar-refractivity contribution is -0.156. The zero-order valence-corrected chi connectivity index (χ0v) is 21.1. The van der Waals surface area contributed by atoms with Crippen LogP contribution in [0.3, 0.4) is 0 Å². The fourth-order valence-electron chi connectivity index (χ4n) is 5.56. The molecule has 1 aliphatic heterocycles. The second-order valence-electron chi connectivity index (χ2n) is 10.0. The summed E-state index contributed by atoms with van der Waals surface area (Å²) in [6.45, 7) is 11.5. The fraction of sp³-hybridized carbons (Fsp3) is 0.593. The number of allylic oxidation sites excluding steroid dienone is 1. The van der Waals surface area contributed by atoms with E-state index in [-0.39, 0.29) is 36.9 Å². The Balaban J connectivity index is 2.06. The zero-order chi connectivity index (χ0) is 25.2. The minimum Gasteiger partial charge on any atom is -0.466 e. The van der Waals surface area contributed by atoms with Crippen molar-refractivity contribution in [2.45, 2.75) is 60.0 Å². The fourth-order valence-corrected chi connectivity index (χ4v) is 5.56. The molecule has 3 rings (SSSR count). The molecule has 0 saturated carbocycles. The molecule has 7 heteroatoms. The third kappa shape index (κ3) is 4.90. The Kier molecular flexibility index (Phi) is 8.18. The van der Waals surface area contributed by atoms with E-state index in [0.717, 1.165) is 16.8 Å². The van der Waals surface area contributed by atoms with Gasteiger partial charge in [0.15, 0.2) is 0 Å². The van der Waals surface area contributed by atoms with Crippen molar-refractivity contribution >= 4 is 23.5 Å². The Labute approximate surface area is 202 Å². The molecule has 7 nitrogen and oxygen atoms in total. The van der Waals surface area contributed by atoms with Gasteiger partial charge in [-0.05, 0) is 50.2 Å². The number of amides is 2. The SMILES string of the molecule is CCOC(=O)[C@H]1[C@H]2C(=O)N([C@@H](CO)CC(C)C)[C@H](C(=O)Nc3c(C)cccc3C)[C@H]2C=C[C@H]1C. The van der Waals surface area contributed by atoms with Crippen molar-refractivity contribution in [2.75, 3.05) is 18.5 Å². The van der Waals surface area contributed by atoms with Crippen molar-refractivity contribution in [3.8, 4) is 0 Å². The quantitative estimate of drug-likeness (QED) is 0.448. The van der Waals surface area contributed by atoms with Crippen molar-refractivity contribution in [3.05, 3.63) is 41.5 Å². The molecular formula is C27H38N2O5. The average molecular weight is 471 g/mol. The van der Waals surface area contributed by atoms with Crippen molar-refractivity contribution in [2.24, 2.45) is 29.6 Å². The molecule has 186 valence electrons. The number of nitrogens with zero attached hydrogens (tertiary/aromatic N) is 1. The molecule has 6 atom stereocenters. The number of esters is 1. The lowest BCUT2D eigenvalue weighted by Crippen LogP contribution is -2.51. The lowest BCUT2D eigenvalue weighted by Gasteiger charge is -2.34. The second kappa shape index (κ2) is 10.7. The number of fused-ring (bicyclic) bond motifs is 1. The highest BCUT2D eigenvalue weighted by molar-refractivity contribution is 6.02. The maximum atomic E-state index is 13.9. The molecule has 2 aliphatic rings. The number of hydrogen-bond donors (Lipinski definition) is 2. The van der Waals surface area contributed by atoms with Crippen LogP contribution in [0.4, 0.5) is 5.69 Å². The van der Waals surface area contributed by atoms with Crippen LogP contribution in [0.15, 0.2) is 30.4 Å². The summed E-state index contributed by atoms with van der Waals surface area (Å²) in [6, 6.07) is 4.45. The highest BCUT2D eigenvalue weighted by atomic mass is 16.5. The molecule has 2 amide bonds. The number of likely N-dealkylation sites (tertiary alicyclic amines) is 1. The minimum absolute atomic E-state index is 0.191. The number of benzene rings is 1. The monoisotopic (exact) mass is 470 g/mol. The molecule has 1 aromatic carbocycles. The van der Waals surface area contributed by atoms with E-state index < -0.39 is 35.8 Å². The summed E-state index contributed by atoms with van der Waals surface area (Å²) < 4.78 is 5.32. The second-order valence-corrected chi connectivity index (χ2v) is 10.0. The number of aliphatic hydroxyl groups is 1. The Bertz CT molecular complexity index is 936. The summed E-state index contributed by atoms with van der Waals surface area (Å²) in [6.07, 6.45) is 4.37. The van der Waals surface area contributed by atoms with Gasteiger partial charge in [-0.1, -0.05) is 51.1 Å². The van der Waals surface area contributed by atoms with Crippen LogP contribution in [-0.2, 0) is 19.1 Å². The molecule has 0 unspecified atom stereocenters. The van der Waals surface area contributed by atoms with Crippen LogP contribution >= 0.6 is 0 Å². The smallest absolute Gasteiger partial charge is 0.310 e. The summed E-state index contributed by atoms with van der Waals surface area (Å²) in [4.78, 5) is 42.1. The van der Waals surface area contributed by atoms with Crippen molar-refractivity contribution in [1.82, 2.24) is 4.90 Å². The number of aliphatic hydroxyl groups excluding tert-OH is 1. The molecule has 34 heavy (non-hydrogen) atoms. The zero-order valence-electron chi connectivity index (χ0n) is 21.1. The van der Waals surface area contributed by atoms with Gasteiger partial charge in [-0.15, -0.1) is 0 Å². The molecule has 1 aliphatic carbocycles. The summed E-state index contributed by atoms with van der Waals surface area (Å²) in [5, 5.41) is 13.3. The topological polar surface area (TPSA) is 95.9 Å². The van der Waals surface area contributed by atoms with Crippen LogP contribution in [-0.4, -0.2) is 53.1 Å². The summed E-state index contributed by atoms with van der Waals surface area (Å²) in [7, 11) is 0. The molecule has 0 spiro atoms. The number of nitrogens with one attached hydrogen (secondary N) is 1. The van der Waals surface area contributed by atoms with Crippen molar-refractivity contribution < 1.29 is 24.2 Å². The molecule has 2 N–H and O–H groups in total. The minimum atomic E-state index is -0.826. The Morgan fingerprint density at radius 3 is 2.38 bits per heavy atom. The van der Waals surface area contributed by atoms with Gasteiger partial charge < -0.3 is 20.1 Å². The molecule has 0 aromatic heterocycles. The first-order chi connectivity index (χ1) is 16.1. The van der Waals surface area contributed by atoms with Gasteiger partial charge in [-0.3, -0.25) is 14.4 Å². The molecule has 1 heterocycles. The Morgan fingerprint density at radius 1 is 1.18 bits per heavy atom. The van der Waals surface area contributed by atoms with E-state index in [1.54, 1.807) is 11.8 Å². The first-order valence-corrected chi connectivity index (χ1v) is 12.3. The van der Waals surface area contributed by atoms with Crippen LogP contribution < -0.4 is 5.32 Å². The maximum absolute atomic E-state index is 13.9. The Morgan fingerprint density at radius 2 is 1.82 bits per heavy atom. The van der Waals surface area contributed by atoms with Crippen LogP contribution in [0.1, 0.15) is 45.2 Å². The molecule has 1 saturated heterocycles. The van der Waals surface area contributed by atoms with Gasteiger partial charge in [-0.2, -0.15) is 0 Å². The van der Waals surface area contributed by atoms with E-state index in [1.807, 2.05) is 65.0 Å². The van der Waals surface area contributed by atoms with E-state index in [0.29, 0.717) is 6.42 Å². The first-order valence-electron chi connectivity index (χ1n) is 12.3. The lowest BCUT2D eigenvalue weighted by atomic mass is 9.70. The number of anilines is 1. The highest BCUT2D eigenvalue weighted by Gasteiger charge is 2.58. The Hall–Kier alpha value is -2.67. The van der Waals surface area contributed by atoms with Crippen LogP contribution in [0.2, 0.25) is 0 Å². The summed E-state index contributed by atoms with van der Waals surface area (Å²) in [5.41, 5.74) is 2.58. The molecular weight excluding hydrogens is 432 g/mol. The molecule has 1 fully saturated rings. The van der Waals surface area contributed by atoms with Gasteiger partial charge in [0.1, 0.15) is 6.04 Å². The number of hydrogen-bond acceptors (Lipinski definition) is 5. The van der Waals surface area contributed by atoms with Crippen LogP contribution in [0, 0.1) is 43.4 Å². The van der Waals surface area contributed by atoms with Crippen LogP contribution in [0.5, 0.6) is 0 Å². The maximum Gasteiger partial charge on any atom is 0.310 e. The van der Waals surface area contributed by atoms with Gasteiger partial charge in [0.2, 0.25) is 11.8 Å². The van der Waals surface area contributed by atoms with Crippen molar-refractivity contribution in [1.29, 1.82) is 0 Å². The number of carbonyl (C=O) groups is 3. The largest absolute Gasteiger partial charge is 0.466 e. The first kappa shape index (κ1) is 25.9. The molecule has 0 bridgehead atoms. The van der Waals surface area contributed by atoms with Gasteiger partial charge >= 0.3 is 5.97 Å². The number of para-hydroxylation sites is 1. The number of rotatable bonds is 8. The van der Waals surface area contributed by atoms with E-state index >= 15 is 0 Å².